The molecule has 2 aromatic heterocycles. The van der Waals surface area contributed by atoms with Crippen molar-refractivity contribution in [1.82, 2.24) is 14.3 Å². The Morgan fingerprint density at radius 3 is 2.48 bits per heavy atom. The van der Waals surface area contributed by atoms with Crippen LogP contribution in [0.2, 0.25) is 0 Å². The molecule has 1 N–H and O–H groups in total. The molecule has 6 nitrogen and oxygen atoms in total. The van der Waals surface area contributed by atoms with Gasteiger partial charge in [0.2, 0.25) is 5.91 Å². The van der Waals surface area contributed by atoms with Gasteiger partial charge in [-0.1, -0.05) is 43.3 Å². The van der Waals surface area contributed by atoms with Crippen LogP contribution in [0.25, 0.3) is 10.8 Å². The maximum atomic E-state index is 14.2. The van der Waals surface area contributed by atoms with Crippen LogP contribution in [0.3, 0.4) is 0 Å². The van der Waals surface area contributed by atoms with Gasteiger partial charge in [0, 0.05) is 28.0 Å². The van der Waals surface area contributed by atoms with Crippen molar-refractivity contribution in [2.45, 2.75) is 47.2 Å². The van der Waals surface area contributed by atoms with Crippen LogP contribution < -0.4 is 10.9 Å². The molecule has 4 rings (SSSR count). The molecule has 0 bridgehead atoms. The Hall–Kier alpha value is -3.74. The van der Waals surface area contributed by atoms with E-state index < -0.39 is 0 Å². The summed E-state index contributed by atoms with van der Waals surface area (Å²) in [5, 5.41) is 8.39. The first-order chi connectivity index (χ1) is 15.8. The van der Waals surface area contributed by atoms with E-state index >= 15 is 0 Å². The Bertz CT molecular complexity index is 1420. The fraction of sp³-hybridized carbons (Fsp3) is 0.269. The van der Waals surface area contributed by atoms with E-state index in [-0.39, 0.29) is 23.8 Å². The molecule has 4 aromatic rings. The molecule has 2 heterocycles. The van der Waals surface area contributed by atoms with E-state index in [1.807, 2.05) is 50.5 Å². The molecule has 0 spiro atoms. The minimum absolute atomic E-state index is 0.191. The number of amides is 1. The topological polar surface area (TPSA) is 68.9 Å². The van der Waals surface area contributed by atoms with Crippen LogP contribution in [0, 0.1) is 26.6 Å². The van der Waals surface area contributed by atoms with Crippen molar-refractivity contribution in [3.63, 3.8) is 0 Å². The molecule has 0 radical (unpaired) electrons. The van der Waals surface area contributed by atoms with Gasteiger partial charge in [0.05, 0.1) is 18.1 Å². The number of hydrogen-bond acceptors (Lipinski definition) is 3. The van der Waals surface area contributed by atoms with E-state index in [2.05, 4.69) is 10.4 Å². The molecule has 0 aliphatic rings. The molecule has 7 heteroatoms. The van der Waals surface area contributed by atoms with Gasteiger partial charge in [-0.3, -0.25) is 9.59 Å². The summed E-state index contributed by atoms with van der Waals surface area (Å²) in [5.74, 6) is -0.600. The third kappa shape index (κ3) is 4.18. The lowest BCUT2D eigenvalue weighted by Gasteiger charge is -2.13. The van der Waals surface area contributed by atoms with E-state index in [0.29, 0.717) is 22.9 Å². The molecule has 0 atom stereocenters. The Balaban J connectivity index is 1.66. The second-order valence-corrected chi connectivity index (χ2v) is 8.26. The fourth-order valence-electron chi connectivity index (χ4n) is 4.31. The van der Waals surface area contributed by atoms with Gasteiger partial charge in [-0.15, -0.1) is 0 Å². The van der Waals surface area contributed by atoms with Gasteiger partial charge in [-0.2, -0.15) is 5.10 Å². The van der Waals surface area contributed by atoms with Gasteiger partial charge in [-0.25, -0.2) is 9.07 Å². The Morgan fingerprint density at radius 1 is 1.03 bits per heavy atom. The van der Waals surface area contributed by atoms with Crippen molar-refractivity contribution in [2.75, 3.05) is 5.32 Å². The SMILES string of the molecule is CCc1cccc(C)c1NC(=O)Cn1ncc2c(C)n(Cc3ccccc3F)c(C)c2c1=O. The molecular weight excluding hydrogens is 419 g/mol. The number of rotatable bonds is 6. The van der Waals surface area contributed by atoms with Gasteiger partial charge in [-0.05, 0) is 44.4 Å². The third-order valence-corrected chi connectivity index (χ3v) is 6.19. The molecule has 0 saturated carbocycles. The number of carbonyl (C=O) groups excluding carboxylic acids is 1. The van der Waals surface area contributed by atoms with Crippen LogP contribution in [0.1, 0.15) is 35.0 Å². The zero-order valence-electron chi connectivity index (χ0n) is 19.3. The van der Waals surface area contributed by atoms with Crippen LogP contribution in [-0.4, -0.2) is 20.3 Å². The Morgan fingerprint density at radius 2 is 1.76 bits per heavy atom. The number of para-hydroxylation sites is 1. The molecule has 0 aliphatic heterocycles. The lowest BCUT2D eigenvalue weighted by molar-refractivity contribution is -0.117. The number of anilines is 1. The van der Waals surface area contributed by atoms with Crippen LogP contribution in [0.4, 0.5) is 10.1 Å². The average molecular weight is 447 g/mol. The maximum Gasteiger partial charge on any atom is 0.276 e. The van der Waals surface area contributed by atoms with Gasteiger partial charge < -0.3 is 9.88 Å². The van der Waals surface area contributed by atoms with Crippen molar-refractivity contribution in [1.29, 1.82) is 0 Å². The summed E-state index contributed by atoms with van der Waals surface area (Å²) in [6, 6.07) is 12.5. The number of aryl methyl sites for hydroxylation is 4. The number of aromatic nitrogens is 3. The molecule has 33 heavy (non-hydrogen) atoms. The molecule has 0 aliphatic carbocycles. The van der Waals surface area contributed by atoms with E-state index in [9.17, 15) is 14.0 Å². The van der Waals surface area contributed by atoms with Gasteiger partial charge in [0.15, 0.2) is 0 Å². The van der Waals surface area contributed by atoms with Crippen molar-refractivity contribution in [3.05, 3.63) is 92.9 Å². The number of nitrogens with one attached hydrogen (secondary N) is 1. The summed E-state index contributed by atoms with van der Waals surface area (Å²) in [7, 11) is 0. The molecule has 170 valence electrons. The quantitative estimate of drug-likeness (QED) is 0.474. The highest BCUT2D eigenvalue weighted by molar-refractivity contribution is 5.92. The summed E-state index contributed by atoms with van der Waals surface area (Å²) in [4.78, 5) is 26.0. The predicted octanol–water partition coefficient (Wildman–Crippen LogP) is 4.51. The lowest BCUT2D eigenvalue weighted by atomic mass is 10.1. The van der Waals surface area contributed by atoms with E-state index in [1.165, 1.54) is 10.7 Å². The van der Waals surface area contributed by atoms with Crippen molar-refractivity contribution >= 4 is 22.4 Å². The average Bonchev–Trinajstić information content (AvgIpc) is 3.03. The molecule has 1 amide bonds. The second-order valence-electron chi connectivity index (χ2n) is 8.26. The minimum Gasteiger partial charge on any atom is -0.343 e. The predicted molar refractivity (Wildman–Crippen MR) is 128 cm³/mol. The summed E-state index contributed by atoms with van der Waals surface area (Å²) in [6.07, 6.45) is 2.39. The summed E-state index contributed by atoms with van der Waals surface area (Å²) in [5.41, 5.74) is 4.55. The van der Waals surface area contributed by atoms with Gasteiger partial charge >= 0.3 is 0 Å². The van der Waals surface area contributed by atoms with E-state index in [1.54, 1.807) is 24.4 Å². The Kier molecular flexibility index (Phi) is 6.14. The smallest absolute Gasteiger partial charge is 0.276 e. The van der Waals surface area contributed by atoms with Crippen molar-refractivity contribution < 1.29 is 9.18 Å². The number of benzene rings is 2. The standard InChI is InChI=1S/C26H27FN4O2/c1-5-19-11-8-9-16(2)25(19)29-23(32)15-31-26(33)24-18(4)30(17(3)21(24)13-28-31)14-20-10-6-7-12-22(20)27/h6-13H,5,14-15H2,1-4H3,(H,29,32). The van der Waals surface area contributed by atoms with Crippen LogP contribution >= 0.6 is 0 Å². The van der Waals surface area contributed by atoms with Crippen molar-refractivity contribution in [2.24, 2.45) is 0 Å². The second kappa shape index (κ2) is 9.02. The summed E-state index contributed by atoms with van der Waals surface area (Å²) >= 11 is 0. The Labute approximate surface area is 191 Å². The molecule has 2 aromatic carbocycles. The van der Waals surface area contributed by atoms with Gasteiger partial charge in [0.25, 0.3) is 5.56 Å². The third-order valence-electron chi connectivity index (χ3n) is 6.19. The van der Waals surface area contributed by atoms with E-state index in [0.717, 1.165) is 34.6 Å². The number of carbonyl (C=O) groups is 1. The van der Waals surface area contributed by atoms with Crippen LogP contribution in [-0.2, 0) is 24.3 Å². The normalized spacial score (nSPS) is 11.2. The molecule has 0 fully saturated rings. The van der Waals surface area contributed by atoms with Crippen LogP contribution in [0.15, 0.2) is 53.5 Å². The number of hydrogen-bond donors (Lipinski definition) is 1. The highest BCUT2D eigenvalue weighted by Crippen LogP contribution is 2.24. The first kappa shape index (κ1) is 22.5. The molecular formula is C26H27FN4O2. The first-order valence-corrected chi connectivity index (χ1v) is 11.0. The molecule has 0 unspecified atom stereocenters. The summed E-state index contributed by atoms with van der Waals surface area (Å²) < 4.78 is 17.3. The van der Waals surface area contributed by atoms with Crippen molar-refractivity contribution in [3.8, 4) is 0 Å². The fourth-order valence-corrected chi connectivity index (χ4v) is 4.31. The molecule has 0 saturated heterocycles. The number of fused-ring (bicyclic) bond motifs is 1. The number of halogens is 1. The van der Waals surface area contributed by atoms with E-state index in [4.69, 9.17) is 0 Å². The summed E-state index contributed by atoms with van der Waals surface area (Å²) in [6.45, 7) is 7.81. The lowest BCUT2D eigenvalue weighted by Crippen LogP contribution is -2.30. The highest BCUT2D eigenvalue weighted by Gasteiger charge is 2.18. The highest BCUT2D eigenvalue weighted by atomic mass is 19.1. The monoisotopic (exact) mass is 446 g/mol. The number of nitrogens with zero attached hydrogens (tertiary/aromatic N) is 3. The zero-order valence-corrected chi connectivity index (χ0v) is 19.3. The minimum atomic E-state index is -0.337. The first-order valence-electron chi connectivity index (χ1n) is 11.0. The van der Waals surface area contributed by atoms with Gasteiger partial charge in [0.1, 0.15) is 12.4 Å². The largest absolute Gasteiger partial charge is 0.343 e. The maximum absolute atomic E-state index is 14.2. The van der Waals surface area contributed by atoms with Crippen LogP contribution in [0.5, 0.6) is 0 Å². The zero-order chi connectivity index (χ0) is 23.7.